The maximum Gasteiger partial charge on any atom is 0.119 e. The van der Waals surface area contributed by atoms with Crippen molar-refractivity contribution in [3.63, 3.8) is 0 Å². The molecule has 1 aromatic carbocycles. The van der Waals surface area contributed by atoms with Crippen molar-refractivity contribution >= 4 is 0 Å². The van der Waals surface area contributed by atoms with Gasteiger partial charge in [0.2, 0.25) is 0 Å². The van der Waals surface area contributed by atoms with E-state index in [4.69, 9.17) is 4.74 Å². The van der Waals surface area contributed by atoms with E-state index in [1.807, 2.05) is 19.2 Å². The maximum atomic E-state index is 5.74. The van der Waals surface area contributed by atoms with Gasteiger partial charge in [0.15, 0.2) is 0 Å². The van der Waals surface area contributed by atoms with Crippen molar-refractivity contribution in [2.45, 2.75) is 33.7 Å². The van der Waals surface area contributed by atoms with Gasteiger partial charge in [0.05, 0.1) is 18.0 Å². The molecule has 0 amide bonds. The fraction of sp³-hybridized carbons (Fsp3) is 0.471. The van der Waals surface area contributed by atoms with Crippen molar-refractivity contribution in [1.82, 2.24) is 15.5 Å². The van der Waals surface area contributed by atoms with Crippen LogP contribution in [0.1, 0.15) is 31.5 Å². The summed E-state index contributed by atoms with van der Waals surface area (Å²) < 4.78 is 5.74. The molecule has 4 nitrogen and oxygen atoms in total. The number of H-pyrrole nitrogens is 1. The van der Waals surface area contributed by atoms with Crippen LogP contribution in [0, 0.1) is 12.8 Å². The minimum absolute atomic E-state index is 0.668. The highest BCUT2D eigenvalue weighted by molar-refractivity contribution is 5.64. The van der Waals surface area contributed by atoms with Crippen molar-refractivity contribution in [1.29, 1.82) is 0 Å². The van der Waals surface area contributed by atoms with E-state index in [1.165, 1.54) is 5.56 Å². The van der Waals surface area contributed by atoms with Gasteiger partial charge < -0.3 is 10.1 Å². The smallest absolute Gasteiger partial charge is 0.119 e. The lowest BCUT2D eigenvalue weighted by Gasteiger charge is -2.08. The number of nitrogens with zero attached hydrogens (tertiary/aromatic N) is 1. The molecule has 0 aliphatic rings. The topological polar surface area (TPSA) is 49.9 Å². The first-order chi connectivity index (χ1) is 10.1. The summed E-state index contributed by atoms with van der Waals surface area (Å²) in [5.41, 5.74) is 4.44. The number of aromatic nitrogens is 2. The molecule has 1 heterocycles. The number of hydrogen-bond donors (Lipinski definition) is 2. The van der Waals surface area contributed by atoms with Gasteiger partial charge in [0, 0.05) is 12.1 Å². The molecule has 2 N–H and O–H groups in total. The van der Waals surface area contributed by atoms with E-state index in [0.717, 1.165) is 42.3 Å². The van der Waals surface area contributed by atoms with Crippen molar-refractivity contribution < 1.29 is 4.74 Å². The van der Waals surface area contributed by atoms with Crippen LogP contribution in [0.4, 0.5) is 0 Å². The van der Waals surface area contributed by atoms with Gasteiger partial charge in [0.25, 0.3) is 0 Å². The molecular formula is C17H25N3O. The second kappa shape index (κ2) is 7.27. The summed E-state index contributed by atoms with van der Waals surface area (Å²) in [6, 6.07) is 8.16. The fourth-order valence-corrected chi connectivity index (χ4v) is 2.19. The first-order valence-corrected chi connectivity index (χ1v) is 7.53. The minimum atomic E-state index is 0.668. The Balaban J connectivity index is 2.05. The summed E-state index contributed by atoms with van der Waals surface area (Å²) in [6.07, 6.45) is 1.08. The first-order valence-electron chi connectivity index (χ1n) is 7.53. The Kier molecular flexibility index (Phi) is 5.39. The molecule has 0 fully saturated rings. The minimum Gasteiger partial charge on any atom is -0.494 e. The summed E-state index contributed by atoms with van der Waals surface area (Å²) in [5.74, 6) is 1.59. The number of hydrogen-bond acceptors (Lipinski definition) is 3. The third kappa shape index (κ3) is 4.08. The normalized spacial score (nSPS) is 11.1. The van der Waals surface area contributed by atoms with E-state index >= 15 is 0 Å². The van der Waals surface area contributed by atoms with Crippen molar-refractivity contribution in [2.75, 3.05) is 13.7 Å². The third-order valence-electron chi connectivity index (χ3n) is 3.56. The summed E-state index contributed by atoms with van der Waals surface area (Å²) in [5, 5.41) is 10.6. The third-order valence-corrected chi connectivity index (χ3v) is 3.56. The molecule has 1 aromatic heterocycles. The van der Waals surface area contributed by atoms with E-state index < -0.39 is 0 Å². The van der Waals surface area contributed by atoms with Crippen LogP contribution in [-0.2, 0) is 6.54 Å². The quantitative estimate of drug-likeness (QED) is 0.819. The van der Waals surface area contributed by atoms with Crippen molar-refractivity contribution in [2.24, 2.45) is 5.92 Å². The molecule has 2 rings (SSSR count). The highest BCUT2D eigenvalue weighted by Crippen LogP contribution is 2.25. The maximum absolute atomic E-state index is 5.74. The molecule has 21 heavy (non-hydrogen) atoms. The second-order valence-corrected chi connectivity index (χ2v) is 5.76. The lowest BCUT2D eigenvalue weighted by Crippen LogP contribution is -2.06. The van der Waals surface area contributed by atoms with Gasteiger partial charge in [-0.3, -0.25) is 5.10 Å². The lowest BCUT2D eigenvalue weighted by molar-refractivity contribution is 0.289. The van der Waals surface area contributed by atoms with Crippen LogP contribution in [-0.4, -0.2) is 23.9 Å². The molecule has 0 atom stereocenters. The van der Waals surface area contributed by atoms with Gasteiger partial charge in [-0.05, 0) is 56.1 Å². The predicted molar refractivity (Wildman–Crippen MR) is 86.5 cm³/mol. The summed E-state index contributed by atoms with van der Waals surface area (Å²) >= 11 is 0. The number of aromatic amines is 1. The van der Waals surface area contributed by atoms with E-state index in [2.05, 4.69) is 48.4 Å². The SMILES string of the molecule is CNCc1[nH]nc(-c2ccc(OCCC(C)C)cc2)c1C. The van der Waals surface area contributed by atoms with Crippen LogP contribution in [0.15, 0.2) is 24.3 Å². The van der Waals surface area contributed by atoms with Gasteiger partial charge in [0.1, 0.15) is 5.75 Å². The molecular weight excluding hydrogens is 262 g/mol. The molecule has 4 heteroatoms. The Morgan fingerprint density at radius 2 is 1.95 bits per heavy atom. The van der Waals surface area contributed by atoms with Crippen molar-refractivity contribution in [3.05, 3.63) is 35.5 Å². The lowest BCUT2D eigenvalue weighted by atomic mass is 10.1. The average molecular weight is 287 g/mol. The van der Waals surface area contributed by atoms with E-state index in [0.29, 0.717) is 5.92 Å². The Hall–Kier alpha value is -1.81. The van der Waals surface area contributed by atoms with E-state index in [1.54, 1.807) is 0 Å². The van der Waals surface area contributed by atoms with Crippen molar-refractivity contribution in [3.8, 4) is 17.0 Å². The van der Waals surface area contributed by atoms with E-state index in [-0.39, 0.29) is 0 Å². The molecule has 2 aromatic rings. The standard InChI is InChI=1S/C17H25N3O/c1-12(2)9-10-21-15-7-5-14(6-8-15)17-13(3)16(11-18-4)19-20-17/h5-8,12,18H,9-11H2,1-4H3,(H,19,20). The highest BCUT2D eigenvalue weighted by atomic mass is 16.5. The summed E-state index contributed by atoms with van der Waals surface area (Å²) in [4.78, 5) is 0. The molecule has 0 bridgehead atoms. The summed E-state index contributed by atoms with van der Waals surface area (Å²) in [6.45, 7) is 8.07. The summed E-state index contributed by atoms with van der Waals surface area (Å²) in [7, 11) is 1.93. The molecule has 0 saturated heterocycles. The second-order valence-electron chi connectivity index (χ2n) is 5.76. The Labute approximate surface area is 126 Å². The van der Waals surface area contributed by atoms with Gasteiger partial charge in [-0.2, -0.15) is 5.10 Å². The Morgan fingerprint density at radius 1 is 1.24 bits per heavy atom. The molecule has 0 saturated carbocycles. The first kappa shape index (κ1) is 15.6. The van der Waals surface area contributed by atoms with Crippen LogP contribution in [0.5, 0.6) is 5.75 Å². The van der Waals surface area contributed by atoms with Gasteiger partial charge in [-0.15, -0.1) is 0 Å². The Bertz CT molecular complexity index is 558. The fourth-order valence-electron chi connectivity index (χ4n) is 2.19. The van der Waals surface area contributed by atoms with Crippen LogP contribution in [0.25, 0.3) is 11.3 Å². The molecule has 0 aliphatic heterocycles. The molecule has 0 spiro atoms. The van der Waals surface area contributed by atoms with Gasteiger partial charge in [-0.1, -0.05) is 13.8 Å². The Morgan fingerprint density at radius 3 is 2.57 bits per heavy atom. The zero-order chi connectivity index (χ0) is 15.2. The monoisotopic (exact) mass is 287 g/mol. The molecule has 0 aliphatic carbocycles. The highest BCUT2D eigenvalue weighted by Gasteiger charge is 2.10. The zero-order valence-electron chi connectivity index (χ0n) is 13.4. The number of rotatable bonds is 7. The number of benzene rings is 1. The van der Waals surface area contributed by atoms with E-state index in [9.17, 15) is 0 Å². The van der Waals surface area contributed by atoms with Crippen LogP contribution in [0.3, 0.4) is 0 Å². The van der Waals surface area contributed by atoms with Crippen LogP contribution < -0.4 is 10.1 Å². The number of ether oxygens (including phenoxy) is 1. The van der Waals surface area contributed by atoms with Crippen LogP contribution >= 0.6 is 0 Å². The van der Waals surface area contributed by atoms with Gasteiger partial charge >= 0.3 is 0 Å². The number of nitrogens with one attached hydrogen (secondary N) is 2. The largest absolute Gasteiger partial charge is 0.494 e. The van der Waals surface area contributed by atoms with Crippen LogP contribution in [0.2, 0.25) is 0 Å². The zero-order valence-corrected chi connectivity index (χ0v) is 13.4. The average Bonchev–Trinajstić information content (AvgIpc) is 2.81. The molecule has 114 valence electrons. The molecule has 0 unspecified atom stereocenters. The molecule has 0 radical (unpaired) electrons. The predicted octanol–water partition coefficient (Wildman–Crippen LogP) is 3.53. The van der Waals surface area contributed by atoms with Gasteiger partial charge in [-0.25, -0.2) is 0 Å².